The van der Waals surface area contributed by atoms with E-state index in [2.05, 4.69) is 15.1 Å². The number of hydrogen-bond acceptors (Lipinski definition) is 9. The van der Waals surface area contributed by atoms with Crippen molar-refractivity contribution in [3.8, 4) is 6.01 Å². The van der Waals surface area contributed by atoms with Gasteiger partial charge in [-0.15, -0.1) is 0 Å². The van der Waals surface area contributed by atoms with Crippen LogP contribution in [0.5, 0.6) is 6.01 Å². The zero-order valence-electron chi connectivity index (χ0n) is 25.2. The second-order valence-corrected chi connectivity index (χ2v) is 12.0. The number of nitrogens with two attached hydrogens (primary N) is 1. The molecule has 1 saturated heterocycles. The monoisotopic (exact) mass is 666 g/mol. The summed E-state index contributed by atoms with van der Waals surface area (Å²) in [5.41, 5.74) is 4.87. The molecule has 1 aromatic carbocycles. The quantitative estimate of drug-likeness (QED) is 0.321. The molecule has 0 aliphatic carbocycles. The standard InChI is InChI=1S/C29H31ClF4N8O4/c1-39(2)26(43)14-10-41(11-14)27(44)24-22(30)19-12-40(7-4-8-42(19)38-24)25-15-13-46-20(9-18(15)36-28(37-25)45-3)21-16(29(32,33)34)5-6-17(35)23(21)31/h5-6,14,20H,4,7-13,35H2,1-3H3. The van der Waals surface area contributed by atoms with Crippen LogP contribution >= 0.6 is 11.6 Å². The molecule has 12 nitrogen and oxygen atoms in total. The zero-order valence-corrected chi connectivity index (χ0v) is 26.0. The summed E-state index contributed by atoms with van der Waals surface area (Å²) in [5, 5.41) is 4.69. The number of alkyl halides is 3. The molecule has 17 heteroatoms. The molecule has 2 amide bonds. The normalized spacial score (nSPS) is 18.4. The summed E-state index contributed by atoms with van der Waals surface area (Å²) in [6.45, 7) is 1.48. The van der Waals surface area contributed by atoms with Crippen molar-refractivity contribution in [3.05, 3.63) is 56.7 Å². The van der Waals surface area contributed by atoms with Crippen LogP contribution in [0.25, 0.3) is 0 Å². The van der Waals surface area contributed by atoms with Crippen molar-refractivity contribution in [1.82, 2.24) is 29.5 Å². The van der Waals surface area contributed by atoms with E-state index in [4.69, 9.17) is 26.8 Å². The lowest BCUT2D eigenvalue weighted by Gasteiger charge is -2.38. The highest BCUT2D eigenvalue weighted by molar-refractivity contribution is 6.34. The van der Waals surface area contributed by atoms with Crippen LogP contribution in [0.1, 0.15) is 51.1 Å². The number of nitrogens with zero attached hydrogens (tertiary/aromatic N) is 7. The summed E-state index contributed by atoms with van der Waals surface area (Å²) >= 11 is 6.75. The largest absolute Gasteiger partial charge is 0.467 e. The molecule has 0 saturated carbocycles. The molecule has 246 valence electrons. The number of amides is 2. The van der Waals surface area contributed by atoms with Gasteiger partial charge in [0.2, 0.25) is 5.91 Å². The van der Waals surface area contributed by atoms with Gasteiger partial charge in [-0.1, -0.05) is 11.6 Å². The summed E-state index contributed by atoms with van der Waals surface area (Å²) in [6, 6.07) is 1.59. The van der Waals surface area contributed by atoms with Gasteiger partial charge in [-0.25, -0.2) is 4.39 Å². The van der Waals surface area contributed by atoms with Crippen molar-refractivity contribution in [1.29, 1.82) is 0 Å². The third-order valence-corrected chi connectivity index (χ3v) is 8.87. The van der Waals surface area contributed by atoms with Crippen molar-refractivity contribution < 1.29 is 36.6 Å². The molecule has 0 bridgehead atoms. The molecule has 6 rings (SSSR count). The first kappa shape index (κ1) is 31.8. The van der Waals surface area contributed by atoms with E-state index in [9.17, 15) is 22.8 Å². The van der Waals surface area contributed by atoms with Gasteiger partial charge >= 0.3 is 12.2 Å². The second-order valence-electron chi connectivity index (χ2n) is 11.6. The molecule has 3 aliphatic rings. The van der Waals surface area contributed by atoms with E-state index in [-0.39, 0.29) is 67.1 Å². The fraction of sp³-hybridized carbons (Fsp3) is 0.483. The Bertz CT molecular complexity index is 1710. The number of hydrogen-bond donors (Lipinski definition) is 1. The van der Waals surface area contributed by atoms with E-state index in [1.807, 2.05) is 4.90 Å². The van der Waals surface area contributed by atoms with Gasteiger partial charge in [0, 0.05) is 57.8 Å². The number of halogens is 5. The molecule has 3 aromatic rings. The predicted molar refractivity (Wildman–Crippen MR) is 157 cm³/mol. The minimum atomic E-state index is -4.84. The first-order valence-electron chi connectivity index (χ1n) is 14.5. The Morgan fingerprint density at radius 3 is 2.59 bits per heavy atom. The van der Waals surface area contributed by atoms with E-state index >= 15 is 4.39 Å². The van der Waals surface area contributed by atoms with Gasteiger partial charge < -0.3 is 29.9 Å². The van der Waals surface area contributed by atoms with Gasteiger partial charge in [0.15, 0.2) is 11.5 Å². The highest BCUT2D eigenvalue weighted by Gasteiger charge is 2.41. The molecular formula is C29H31ClF4N8O4. The van der Waals surface area contributed by atoms with E-state index in [1.165, 1.54) is 16.9 Å². The van der Waals surface area contributed by atoms with Gasteiger partial charge in [-0.2, -0.15) is 28.2 Å². The number of nitrogen functional groups attached to an aromatic ring is 1. The van der Waals surface area contributed by atoms with E-state index in [0.717, 1.165) is 12.1 Å². The molecule has 2 N–H and O–H groups in total. The van der Waals surface area contributed by atoms with Crippen LogP contribution in [-0.2, 0) is 41.8 Å². The van der Waals surface area contributed by atoms with Gasteiger partial charge in [0.05, 0.1) is 59.9 Å². The summed E-state index contributed by atoms with van der Waals surface area (Å²) in [4.78, 5) is 39.3. The van der Waals surface area contributed by atoms with E-state index in [1.54, 1.807) is 18.8 Å². The number of aromatic nitrogens is 4. The number of likely N-dealkylation sites (tertiary alicyclic amines) is 1. The number of rotatable bonds is 5. The Kier molecular flexibility index (Phi) is 8.21. The fourth-order valence-corrected chi connectivity index (χ4v) is 6.33. The molecule has 46 heavy (non-hydrogen) atoms. The third-order valence-electron chi connectivity index (χ3n) is 8.47. The highest BCUT2D eigenvalue weighted by Crippen LogP contribution is 2.43. The molecule has 2 aromatic heterocycles. The number of aryl methyl sites for hydroxylation is 1. The maximum atomic E-state index is 15.1. The summed E-state index contributed by atoms with van der Waals surface area (Å²) in [5.74, 6) is -1.47. The van der Waals surface area contributed by atoms with Crippen LogP contribution in [0, 0.1) is 11.7 Å². The average Bonchev–Trinajstić information content (AvgIpc) is 3.15. The molecule has 1 atom stereocenters. The molecule has 0 radical (unpaired) electrons. The first-order valence-corrected chi connectivity index (χ1v) is 14.9. The topological polar surface area (TPSA) is 132 Å². The van der Waals surface area contributed by atoms with Gasteiger partial charge in [-0.3, -0.25) is 14.3 Å². The van der Waals surface area contributed by atoms with Crippen LogP contribution in [0.4, 0.5) is 29.1 Å². The van der Waals surface area contributed by atoms with Crippen molar-refractivity contribution in [2.45, 2.75) is 44.8 Å². The predicted octanol–water partition coefficient (Wildman–Crippen LogP) is 3.46. The minimum Gasteiger partial charge on any atom is -0.467 e. The van der Waals surface area contributed by atoms with Crippen LogP contribution < -0.4 is 15.4 Å². The minimum absolute atomic E-state index is 0.0298. The lowest BCUT2D eigenvalue weighted by atomic mass is 9.94. The number of fused-ring (bicyclic) bond motifs is 2. The van der Waals surface area contributed by atoms with Crippen LogP contribution in [0.3, 0.4) is 0 Å². The van der Waals surface area contributed by atoms with Crippen molar-refractivity contribution >= 4 is 34.9 Å². The van der Waals surface area contributed by atoms with Crippen molar-refractivity contribution in [2.75, 3.05) is 51.5 Å². The lowest BCUT2D eigenvalue weighted by Crippen LogP contribution is -2.55. The van der Waals surface area contributed by atoms with Gasteiger partial charge in [-0.05, 0) is 18.6 Å². The molecule has 1 unspecified atom stereocenters. The molecular weight excluding hydrogens is 636 g/mol. The number of benzene rings is 1. The zero-order chi connectivity index (χ0) is 33.1. The average molecular weight is 667 g/mol. The Morgan fingerprint density at radius 1 is 1.17 bits per heavy atom. The van der Waals surface area contributed by atoms with Gasteiger partial charge in [0.25, 0.3) is 5.91 Å². The van der Waals surface area contributed by atoms with Crippen LogP contribution in [0.15, 0.2) is 12.1 Å². The maximum absolute atomic E-state index is 15.1. The molecule has 0 spiro atoms. The Morgan fingerprint density at radius 2 is 1.91 bits per heavy atom. The number of ether oxygens (including phenoxy) is 2. The van der Waals surface area contributed by atoms with Crippen molar-refractivity contribution in [2.24, 2.45) is 5.92 Å². The summed E-state index contributed by atoms with van der Waals surface area (Å²) in [7, 11) is 4.69. The number of carbonyl (C=O) groups excluding carboxylic acids is 2. The Labute approximate surface area is 266 Å². The Balaban J connectivity index is 1.28. The third kappa shape index (κ3) is 5.57. The lowest BCUT2D eigenvalue weighted by molar-refractivity contribution is -0.140. The number of methoxy groups -OCH3 is 1. The second kappa shape index (κ2) is 11.9. The van der Waals surface area contributed by atoms with Crippen LogP contribution in [0.2, 0.25) is 5.02 Å². The smallest absolute Gasteiger partial charge is 0.416 e. The molecule has 5 heterocycles. The first-order chi connectivity index (χ1) is 21.8. The SMILES string of the molecule is COc1nc2c(c(N3CCCn4nc(C(=O)N5CC(C(=O)N(C)C)C5)c(Cl)c4C3)n1)COC(c1c(C(F)(F)F)ccc(N)c1F)C2. The van der Waals surface area contributed by atoms with E-state index in [0.29, 0.717) is 42.3 Å². The number of carbonyl (C=O) groups is 2. The molecule has 1 fully saturated rings. The fourth-order valence-electron chi connectivity index (χ4n) is 6.06. The number of anilines is 2. The van der Waals surface area contributed by atoms with Crippen LogP contribution in [-0.4, -0.2) is 82.2 Å². The molecule has 3 aliphatic heterocycles. The summed E-state index contributed by atoms with van der Waals surface area (Å²) < 4.78 is 69.5. The summed E-state index contributed by atoms with van der Waals surface area (Å²) in [6.07, 6.45) is -5.75. The van der Waals surface area contributed by atoms with E-state index < -0.39 is 34.9 Å². The van der Waals surface area contributed by atoms with Gasteiger partial charge in [0.1, 0.15) is 5.82 Å². The Hall–Kier alpha value is -4.18. The highest BCUT2D eigenvalue weighted by atomic mass is 35.5. The van der Waals surface area contributed by atoms with Crippen molar-refractivity contribution in [3.63, 3.8) is 0 Å². The maximum Gasteiger partial charge on any atom is 0.416 e.